The van der Waals surface area contributed by atoms with Crippen LogP contribution < -0.4 is 10.1 Å². The normalized spacial score (nSPS) is 15.2. The first-order valence-electron chi connectivity index (χ1n) is 11.3. The van der Waals surface area contributed by atoms with Gasteiger partial charge in [-0.25, -0.2) is 0 Å². The highest BCUT2D eigenvalue weighted by Crippen LogP contribution is 2.27. The lowest BCUT2D eigenvalue weighted by atomic mass is 10.0. The zero-order valence-electron chi connectivity index (χ0n) is 19.3. The number of amides is 1. The number of furan rings is 1. The van der Waals surface area contributed by atoms with Gasteiger partial charge in [-0.1, -0.05) is 19.9 Å². The lowest BCUT2D eigenvalue weighted by Gasteiger charge is -2.22. The van der Waals surface area contributed by atoms with Gasteiger partial charge in [0.15, 0.2) is 23.1 Å². The number of ether oxygens (including phenoxy) is 1. The summed E-state index contributed by atoms with van der Waals surface area (Å²) in [5.74, 6) is 2.73. The summed E-state index contributed by atoms with van der Waals surface area (Å²) >= 11 is 0. The van der Waals surface area contributed by atoms with E-state index in [-0.39, 0.29) is 23.5 Å². The molecule has 0 aliphatic carbocycles. The number of carbonyl (C=O) groups excluding carboxylic acids is 1. The number of phenolic OH excluding ortho intramolecular Hbond substituents is 1. The number of nitrogens with zero attached hydrogens (tertiary/aromatic N) is 4. The summed E-state index contributed by atoms with van der Waals surface area (Å²) in [5, 5.41) is 21.9. The number of phenols is 1. The lowest BCUT2D eigenvalue weighted by molar-refractivity contribution is 0.0900. The average molecular weight is 454 g/mol. The van der Waals surface area contributed by atoms with E-state index in [0.29, 0.717) is 11.7 Å². The first-order valence-corrected chi connectivity index (χ1v) is 11.3. The van der Waals surface area contributed by atoms with E-state index in [2.05, 4.69) is 38.8 Å². The third-order valence-corrected chi connectivity index (χ3v) is 5.87. The molecule has 0 fully saturated rings. The highest BCUT2D eigenvalue weighted by Gasteiger charge is 2.27. The van der Waals surface area contributed by atoms with E-state index in [0.717, 1.165) is 56.2 Å². The summed E-state index contributed by atoms with van der Waals surface area (Å²) in [7, 11) is 1.55. The van der Waals surface area contributed by atoms with Crippen molar-refractivity contribution in [2.75, 3.05) is 20.2 Å². The van der Waals surface area contributed by atoms with Crippen molar-refractivity contribution in [3.8, 4) is 11.5 Å². The zero-order valence-corrected chi connectivity index (χ0v) is 19.3. The number of carbonyl (C=O) groups is 1. The molecule has 1 aliphatic heterocycles. The van der Waals surface area contributed by atoms with Gasteiger partial charge in [0.1, 0.15) is 5.82 Å². The van der Waals surface area contributed by atoms with Crippen LogP contribution in [0.3, 0.4) is 0 Å². The van der Waals surface area contributed by atoms with Crippen molar-refractivity contribution in [1.29, 1.82) is 0 Å². The molecule has 2 N–H and O–H groups in total. The molecule has 1 atom stereocenters. The summed E-state index contributed by atoms with van der Waals surface area (Å²) in [4.78, 5) is 15.0. The fourth-order valence-corrected chi connectivity index (χ4v) is 4.22. The van der Waals surface area contributed by atoms with E-state index < -0.39 is 0 Å². The Hall–Kier alpha value is -3.33. The van der Waals surface area contributed by atoms with Crippen molar-refractivity contribution < 1.29 is 19.1 Å². The second kappa shape index (κ2) is 10.1. The number of nitrogens with one attached hydrogen (secondary N) is 1. The van der Waals surface area contributed by atoms with Crippen LogP contribution in [0.25, 0.3) is 0 Å². The van der Waals surface area contributed by atoms with Gasteiger partial charge in [-0.2, -0.15) is 0 Å². The monoisotopic (exact) mass is 453 g/mol. The summed E-state index contributed by atoms with van der Waals surface area (Å²) in [6, 6.07) is 8.55. The van der Waals surface area contributed by atoms with E-state index in [9.17, 15) is 9.90 Å². The van der Waals surface area contributed by atoms with Gasteiger partial charge in [0.2, 0.25) is 0 Å². The minimum Gasteiger partial charge on any atom is -0.504 e. The Kier molecular flexibility index (Phi) is 6.98. The van der Waals surface area contributed by atoms with Gasteiger partial charge < -0.3 is 24.1 Å². The third kappa shape index (κ3) is 5.36. The molecule has 1 aromatic carbocycles. The number of aromatic nitrogens is 3. The predicted molar refractivity (Wildman–Crippen MR) is 122 cm³/mol. The molecule has 0 bridgehead atoms. The molecule has 3 aromatic rings. The summed E-state index contributed by atoms with van der Waals surface area (Å²) < 4.78 is 12.6. The van der Waals surface area contributed by atoms with Crippen LogP contribution >= 0.6 is 0 Å². The van der Waals surface area contributed by atoms with Gasteiger partial charge in [0, 0.05) is 32.6 Å². The predicted octanol–water partition coefficient (Wildman–Crippen LogP) is 3.16. The minimum atomic E-state index is -0.253. The van der Waals surface area contributed by atoms with Crippen molar-refractivity contribution >= 4 is 5.91 Å². The molecule has 9 heteroatoms. The Labute approximate surface area is 193 Å². The van der Waals surface area contributed by atoms with Gasteiger partial charge in [0.05, 0.1) is 19.4 Å². The summed E-state index contributed by atoms with van der Waals surface area (Å²) in [5.41, 5.74) is 1.07. The van der Waals surface area contributed by atoms with Gasteiger partial charge in [-0.15, -0.1) is 10.2 Å². The van der Waals surface area contributed by atoms with Crippen LogP contribution in [-0.2, 0) is 19.5 Å². The molecule has 0 saturated carbocycles. The second-order valence-electron chi connectivity index (χ2n) is 8.79. The van der Waals surface area contributed by atoms with Crippen LogP contribution in [0.5, 0.6) is 11.5 Å². The number of hydrogen-bond donors (Lipinski definition) is 2. The minimum absolute atomic E-state index is 0.140. The van der Waals surface area contributed by atoms with Crippen LogP contribution in [0.15, 0.2) is 41.0 Å². The molecule has 4 rings (SSSR count). The highest BCUT2D eigenvalue weighted by atomic mass is 16.5. The number of fused-ring (bicyclic) bond motifs is 1. The van der Waals surface area contributed by atoms with Crippen molar-refractivity contribution in [1.82, 2.24) is 25.0 Å². The van der Waals surface area contributed by atoms with Gasteiger partial charge in [-0.05, 0) is 42.2 Å². The van der Waals surface area contributed by atoms with Crippen molar-refractivity contribution in [3.05, 3.63) is 59.6 Å². The molecule has 0 saturated heterocycles. The van der Waals surface area contributed by atoms with Gasteiger partial charge in [-0.3, -0.25) is 9.69 Å². The molecule has 0 unspecified atom stereocenters. The zero-order chi connectivity index (χ0) is 23.4. The molecule has 0 radical (unpaired) electrons. The van der Waals surface area contributed by atoms with Gasteiger partial charge in [0.25, 0.3) is 5.91 Å². The van der Waals surface area contributed by atoms with Gasteiger partial charge >= 0.3 is 0 Å². The van der Waals surface area contributed by atoms with E-state index >= 15 is 0 Å². The fourth-order valence-electron chi connectivity index (χ4n) is 4.22. The topological polar surface area (TPSA) is 106 Å². The molecular weight excluding hydrogens is 422 g/mol. The summed E-state index contributed by atoms with van der Waals surface area (Å²) in [6.45, 7) is 7.39. The Morgan fingerprint density at radius 3 is 2.82 bits per heavy atom. The third-order valence-electron chi connectivity index (χ3n) is 5.87. The Bertz CT molecular complexity index is 1080. The molecule has 33 heavy (non-hydrogen) atoms. The van der Waals surface area contributed by atoms with Crippen molar-refractivity contribution in [2.45, 2.75) is 45.8 Å². The SMILES string of the molecule is COc1cc(CN2CCc3nnc([C@@H](CC(C)C)NC(=O)c4ccco4)n3CC2)ccc1O. The Morgan fingerprint density at radius 1 is 1.24 bits per heavy atom. The first-order chi connectivity index (χ1) is 15.9. The van der Waals surface area contributed by atoms with Crippen LogP contribution in [0, 0.1) is 5.92 Å². The molecule has 1 aliphatic rings. The molecular formula is C24H31N5O4. The van der Waals surface area contributed by atoms with E-state index in [4.69, 9.17) is 9.15 Å². The number of benzene rings is 1. The number of hydrogen-bond acceptors (Lipinski definition) is 7. The van der Waals surface area contributed by atoms with Crippen molar-refractivity contribution in [2.24, 2.45) is 5.92 Å². The lowest BCUT2D eigenvalue weighted by Crippen LogP contribution is -2.32. The van der Waals surface area contributed by atoms with Crippen molar-refractivity contribution in [3.63, 3.8) is 0 Å². The van der Waals surface area contributed by atoms with E-state index in [1.54, 1.807) is 25.3 Å². The van der Waals surface area contributed by atoms with Crippen LogP contribution in [-0.4, -0.2) is 50.9 Å². The highest BCUT2D eigenvalue weighted by molar-refractivity contribution is 5.91. The Balaban J connectivity index is 1.48. The average Bonchev–Trinajstić information content (AvgIpc) is 3.42. The number of aromatic hydroxyl groups is 1. The molecule has 1 amide bonds. The molecule has 0 spiro atoms. The quantitative estimate of drug-likeness (QED) is 0.540. The Morgan fingerprint density at radius 2 is 2.09 bits per heavy atom. The summed E-state index contributed by atoms with van der Waals surface area (Å²) in [6.07, 6.45) is 3.01. The maximum Gasteiger partial charge on any atom is 0.287 e. The van der Waals surface area contributed by atoms with Crippen LogP contribution in [0.4, 0.5) is 0 Å². The van der Waals surface area contributed by atoms with E-state index in [1.807, 2.05) is 12.1 Å². The largest absolute Gasteiger partial charge is 0.504 e. The second-order valence-corrected chi connectivity index (χ2v) is 8.79. The molecule has 2 aromatic heterocycles. The smallest absolute Gasteiger partial charge is 0.287 e. The first kappa shape index (κ1) is 22.8. The maximum absolute atomic E-state index is 12.7. The number of rotatable bonds is 8. The van der Waals surface area contributed by atoms with Crippen LogP contribution in [0.2, 0.25) is 0 Å². The molecule has 3 heterocycles. The fraction of sp³-hybridized carbons (Fsp3) is 0.458. The maximum atomic E-state index is 12.7. The standard InChI is InChI=1S/C24H31N5O4/c1-16(2)13-18(25-24(31)20-5-4-12-33-20)23-27-26-22-8-9-28(10-11-29(22)23)15-17-6-7-19(30)21(14-17)32-3/h4-7,12,14,16,18,30H,8-11,13,15H2,1-3H3,(H,25,31)/t18-/m1/s1. The number of methoxy groups -OCH3 is 1. The molecule has 176 valence electrons. The van der Waals surface area contributed by atoms with E-state index in [1.165, 1.54) is 6.26 Å². The molecule has 9 nitrogen and oxygen atoms in total. The van der Waals surface area contributed by atoms with Crippen LogP contribution in [0.1, 0.15) is 54.1 Å².